The molecule has 26 heavy (non-hydrogen) atoms. The van der Waals surface area contributed by atoms with E-state index in [2.05, 4.69) is 10.0 Å². The third-order valence-corrected chi connectivity index (χ3v) is 5.39. The quantitative estimate of drug-likeness (QED) is 0.742. The first kappa shape index (κ1) is 19.9. The fraction of sp³-hybridized carbons (Fsp3) is 0.316. The maximum atomic E-state index is 12.6. The normalized spacial score (nSPS) is 12.4. The van der Waals surface area contributed by atoms with Crippen LogP contribution in [0.2, 0.25) is 0 Å². The molecule has 0 heterocycles. The van der Waals surface area contributed by atoms with E-state index < -0.39 is 10.0 Å². The van der Waals surface area contributed by atoms with Crippen LogP contribution in [-0.2, 0) is 10.0 Å². The molecule has 0 aliphatic carbocycles. The van der Waals surface area contributed by atoms with Crippen LogP contribution in [0.4, 0.5) is 0 Å². The summed E-state index contributed by atoms with van der Waals surface area (Å²) in [6.07, 6.45) is 0.663. The Labute approximate surface area is 154 Å². The number of sulfonamides is 1. The molecule has 2 rings (SSSR count). The van der Waals surface area contributed by atoms with Gasteiger partial charge in [-0.2, -0.15) is 0 Å². The van der Waals surface area contributed by atoms with E-state index in [0.717, 1.165) is 5.56 Å². The van der Waals surface area contributed by atoms with Gasteiger partial charge < -0.3 is 10.1 Å². The smallest absolute Gasteiger partial charge is 0.251 e. The molecule has 7 heteroatoms. The molecule has 2 N–H and O–H groups in total. The lowest BCUT2D eigenvalue weighted by molar-refractivity contribution is 0.0939. The van der Waals surface area contributed by atoms with E-state index in [1.165, 1.54) is 19.2 Å². The average Bonchev–Trinajstić information content (AvgIpc) is 2.66. The van der Waals surface area contributed by atoms with Crippen LogP contribution in [0, 0.1) is 0 Å². The molecule has 2 aromatic carbocycles. The number of ether oxygens (including phenoxy) is 1. The predicted octanol–water partition coefficient (Wildman–Crippen LogP) is 2.87. The van der Waals surface area contributed by atoms with Gasteiger partial charge in [0, 0.05) is 12.1 Å². The lowest BCUT2D eigenvalue weighted by Crippen LogP contribution is -2.28. The Balaban J connectivity index is 2.27. The van der Waals surface area contributed by atoms with Crippen LogP contribution in [0.5, 0.6) is 5.75 Å². The highest BCUT2D eigenvalue weighted by Crippen LogP contribution is 2.25. The molecule has 140 valence electrons. The van der Waals surface area contributed by atoms with Crippen molar-refractivity contribution in [3.63, 3.8) is 0 Å². The Kier molecular flexibility index (Phi) is 6.76. The maximum absolute atomic E-state index is 12.6. The van der Waals surface area contributed by atoms with Crippen LogP contribution in [0.1, 0.15) is 42.2 Å². The first-order valence-corrected chi connectivity index (χ1v) is 9.91. The molecule has 0 aliphatic rings. The van der Waals surface area contributed by atoms with Crippen LogP contribution in [-0.4, -0.2) is 28.0 Å². The summed E-state index contributed by atoms with van der Waals surface area (Å²) in [6.45, 7) is 4.05. The third-order valence-electron chi connectivity index (χ3n) is 3.90. The van der Waals surface area contributed by atoms with E-state index in [0.29, 0.717) is 13.0 Å². The molecular formula is C19H24N2O4S. The van der Waals surface area contributed by atoms with Crippen LogP contribution >= 0.6 is 0 Å². The highest BCUT2D eigenvalue weighted by atomic mass is 32.2. The highest BCUT2D eigenvalue weighted by molar-refractivity contribution is 7.89. The lowest BCUT2D eigenvalue weighted by atomic mass is 10.1. The van der Waals surface area contributed by atoms with Gasteiger partial charge in [-0.25, -0.2) is 13.1 Å². The Bertz CT molecular complexity index is 851. The van der Waals surface area contributed by atoms with E-state index in [9.17, 15) is 13.2 Å². The summed E-state index contributed by atoms with van der Waals surface area (Å²) in [6, 6.07) is 13.7. The number of methoxy groups -OCH3 is 1. The van der Waals surface area contributed by atoms with Crippen molar-refractivity contribution in [2.45, 2.75) is 31.2 Å². The first-order chi connectivity index (χ1) is 12.4. The van der Waals surface area contributed by atoms with Crippen molar-refractivity contribution in [2.24, 2.45) is 0 Å². The SMILES string of the molecule is CCCNS(=O)(=O)c1cc(C(=O)NC(C)c2ccccc2)ccc1OC. The fourth-order valence-corrected chi connectivity index (χ4v) is 3.77. The summed E-state index contributed by atoms with van der Waals surface area (Å²) in [5, 5.41) is 2.88. The summed E-state index contributed by atoms with van der Waals surface area (Å²) in [5.41, 5.74) is 1.22. The topological polar surface area (TPSA) is 84.5 Å². The number of amides is 1. The fourth-order valence-electron chi connectivity index (χ4n) is 2.45. The molecule has 1 atom stereocenters. The van der Waals surface area contributed by atoms with Crippen molar-refractivity contribution >= 4 is 15.9 Å². The summed E-state index contributed by atoms with van der Waals surface area (Å²) >= 11 is 0. The van der Waals surface area contributed by atoms with Crippen LogP contribution in [0.25, 0.3) is 0 Å². The Morgan fingerprint density at radius 2 is 1.85 bits per heavy atom. The molecule has 0 saturated heterocycles. The molecule has 2 aromatic rings. The van der Waals surface area contributed by atoms with Gasteiger partial charge in [-0.1, -0.05) is 37.3 Å². The second kappa shape index (κ2) is 8.82. The summed E-state index contributed by atoms with van der Waals surface area (Å²) in [4.78, 5) is 12.5. The summed E-state index contributed by atoms with van der Waals surface area (Å²) < 4.78 is 32.6. The minimum absolute atomic E-state index is 0.0477. The zero-order valence-corrected chi connectivity index (χ0v) is 16.0. The number of carbonyl (C=O) groups excluding carboxylic acids is 1. The largest absolute Gasteiger partial charge is 0.495 e. The van der Waals surface area contributed by atoms with E-state index >= 15 is 0 Å². The first-order valence-electron chi connectivity index (χ1n) is 8.42. The summed E-state index contributed by atoms with van der Waals surface area (Å²) in [5.74, 6) is -0.155. The van der Waals surface area contributed by atoms with Gasteiger partial charge in [-0.3, -0.25) is 4.79 Å². The van der Waals surface area contributed by atoms with Crippen LogP contribution in [0.3, 0.4) is 0 Å². The van der Waals surface area contributed by atoms with Gasteiger partial charge in [-0.05, 0) is 37.1 Å². The second-order valence-corrected chi connectivity index (χ2v) is 7.60. The Morgan fingerprint density at radius 3 is 2.46 bits per heavy atom. The highest BCUT2D eigenvalue weighted by Gasteiger charge is 2.21. The van der Waals surface area contributed by atoms with E-state index in [-0.39, 0.29) is 28.2 Å². The molecule has 0 aromatic heterocycles. The van der Waals surface area contributed by atoms with E-state index in [4.69, 9.17) is 4.74 Å². The monoisotopic (exact) mass is 376 g/mol. The molecule has 0 aliphatic heterocycles. The maximum Gasteiger partial charge on any atom is 0.251 e. The number of hydrogen-bond acceptors (Lipinski definition) is 4. The van der Waals surface area contributed by atoms with Gasteiger partial charge >= 0.3 is 0 Å². The van der Waals surface area contributed by atoms with Crippen molar-refractivity contribution in [1.82, 2.24) is 10.0 Å². The minimum Gasteiger partial charge on any atom is -0.495 e. The average molecular weight is 376 g/mol. The van der Waals surface area contributed by atoms with Crippen molar-refractivity contribution in [2.75, 3.05) is 13.7 Å². The third kappa shape index (κ3) is 4.83. The number of carbonyl (C=O) groups is 1. The van der Waals surface area contributed by atoms with Crippen molar-refractivity contribution in [1.29, 1.82) is 0 Å². The molecule has 1 unspecified atom stereocenters. The molecule has 0 fully saturated rings. The molecular weight excluding hydrogens is 352 g/mol. The molecule has 6 nitrogen and oxygen atoms in total. The van der Waals surface area contributed by atoms with Crippen LogP contribution in [0.15, 0.2) is 53.4 Å². The van der Waals surface area contributed by atoms with Crippen molar-refractivity contribution < 1.29 is 17.9 Å². The standard InChI is InChI=1S/C19H24N2O4S/c1-4-12-20-26(23,24)18-13-16(10-11-17(18)25-3)19(22)21-14(2)15-8-6-5-7-9-15/h5-11,13-14,20H,4,12H2,1-3H3,(H,21,22). The second-order valence-electron chi connectivity index (χ2n) is 5.87. The van der Waals surface area contributed by atoms with Crippen molar-refractivity contribution in [3.05, 3.63) is 59.7 Å². The minimum atomic E-state index is -3.76. The Hall–Kier alpha value is -2.38. The van der Waals surface area contributed by atoms with Gasteiger partial charge in [0.1, 0.15) is 10.6 Å². The number of benzene rings is 2. The van der Waals surface area contributed by atoms with Gasteiger partial charge in [0.2, 0.25) is 10.0 Å². The lowest BCUT2D eigenvalue weighted by Gasteiger charge is -2.16. The molecule has 0 radical (unpaired) electrons. The van der Waals surface area contributed by atoms with E-state index in [1.807, 2.05) is 44.2 Å². The van der Waals surface area contributed by atoms with Crippen molar-refractivity contribution in [3.8, 4) is 5.75 Å². The van der Waals surface area contributed by atoms with Gasteiger partial charge in [0.15, 0.2) is 0 Å². The number of nitrogens with one attached hydrogen (secondary N) is 2. The molecule has 0 saturated carbocycles. The van der Waals surface area contributed by atoms with Gasteiger partial charge in [0.05, 0.1) is 13.2 Å². The van der Waals surface area contributed by atoms with Gasteiger partial charge in [0.25, 0.3) is 5.91 Å². The molecule has 0 spiro atoms. The summed E-state index contributed by atoms with van der Waals surface area (Å²) in [7, 11) is -2.36. The van der Waals surface area contributed by atoms with Crippen LogP contribution < -0.4 is 14.8 Å². The number of rotatable bonds is 8. The molecule has 1 amide bonds. The predicted molar refractivity (Wildman–Crippen MR) is 101 cm³/mol. The van der Waals surface area contributed by atoms with E-state index in [1.54, 1.807) is 6.07 Å². The molecule has 0 bridgehead atoms. The number of hydrogen-bond donors (Lipinski definition) is 2. The Morgan fingerprint density at radius 1 is 1.15 bits per heavy atom. The zero-order chi connectivity index (χ0) is 19.2. The van der Waals surface area contributed by atoms with Gasteiger partial charge in [-0.15, -0.1) is 0 Å². The zero-order valence-electron chi connectivity index (χ0n) is 15.2.